The number of nitrogens with one attached hydrogen (secondary N) is 7. The Labute approximate surface area is 414 Å². The molecule has 1 aromatic carbocycles. The number of hydrogen-bond donors (Lipinski definition) is 8. The standard InChI is InChI=1S/C50H83N9O11/c1-29(2)38(32(7)60)56-42(62)35(23-18-26-53-48(68)70-50(11,12)13)54-44(64)40(31(5)6)58-43(63)37-24-19-27-59(37)46(66)36(28-33-20-15-14-16-21-33)55-45(65)39(30(3)4)57-41(61)34(51)22-17-25-52-47(67)69-49(8,9)10/h14-16,20-21,29-31,34-40H,17-19,22-28,51H2,1-13H3,(H,52,67)(H,53,68)(H,54,64)(H,55,65)(H,56,62)(H,57,61)(H,58,63)/t34-,35-,36-,37+,38+,39+,40-/m1/s1. The van der Waals surface area contributed by atoms with Crippen LogP contribution in [0.4, 0.5) is 9.59 Å². The van der Waals surface area contributed by atoms with Crippen LogP contribution < -0.4 is 43.0 Å². The van der Waals surface area contributed by atoms with E-state index in [0.29, 0.717) is 12.8 Å². The summed E-state index contributed by atoms with van der Waals surface area (Å²) < 4.78 is 10.5. The van der Waals surface area contributed by atoms with Crippen LogP contribution >= 0.6 is 0 Å². The van der Waals surface area contributed by atoms with Gasteiger partial charge in [-0.3, -0.25) is 33.6 Å². The zero-order chi connectivity index (χ0) is 53.1. The summed E-state index contributed by atoms with van der Waals surface area (Å²) in [5.74, 6) is -5.06. The van der Waals surface area contributed by atoms with Gasteiger partial charge in [-0.25, -0.2) is 9.59 Å². The van der Waals surface area contributed by atoms with Gasteiger partial charge in [-0.05, 0) is 110 Å². The maximum atomic E-state index is 14.6. The average molecular weight is 986 g/mol. The van der Waals surface area contributed by atoms with Gasteiger partial charge in [-0.2, -0.15) is 0 Å². The number of alkyl carbamates (subject to hydrolysis) is 2. The number of amides is 8. The average Bonchev–Trinajstić information content (AvgIpc) is 3.74. The van der Waals surface area contributed by atoms with Crippen molar-refractivity contribution in [2.24, 2.45) is 23.5 Å². The van der Waals surface area contributed by atoms with Crippen LogP contribution in [-0.2, 0) is 49.5 Å². The molecule has 0 aromatic heterocycles. The van der Waals surface area contributed by atoms with Crippen molar-refractivity contribution in [2.45, 2.75) is 188 Å². The number of nitrogens with zero attached hydrogens (tertiary/aromatic N) is 1. The third-order valence-corrected chi connectivity index (χ3v) is 11.3. The normalized spacial score (nSPS) is 16.5. The molecule has 1 heterocycles. The smallest absolute Gasteiger partial charge is 0.407 e. The molecule has 0 radical (unpaired) electrons. The Bertz CT molecular complexity index is 1930. The molecule has 1 aromatic rings. The highest BCUT2D eigenvalue weighted by Crippen LogP contribution is 2.21. The highest BCUT2D eigenvalue weighted by Gasteiger charge is 2.41. The molecule has 0 saturated carbocycles. The first-order valence-electron chi connectivity index (χ1n) is 24.6. The number of ketones is 1. The second-order valence-corrected chi connectivity index (χ2v) is 21.1. The van der Waals surface area contributed by atoms with Crippen molar-refractivity contribution in [3.63, 3.8) is 0 Å². The van der Waals surface area contributed by atoms with Crippen molar-refractivity contribution in [1.82, 2.24) is 42.1 Å². The minimum Gasteiger partial charge on any atom is -0.444 e. The zero-order valence-corrected chi connectivity index (χ0v) is 43.7. The van der Waals surface area contributed by atoms with E-state index >= 15 is 0 Å². The molecule has 1 saturated heterocycles. The summed E-state index contributed by atoms with van der Waals surface area (Å²) in [6, 6.07) is 1.63. The molecule has 9 N–H and O–H groups in total. The van der Waals surface area contributed by atoms with E-state index in [1.54, 1.807) is 107 Å². The molecule has 1 aliphatic heterocycles. The van der Waals surface area contributed by atoms with Crippen LogP contribution in [0.15, 0.2) is 30.3 Å². The maximum Gasteiger partial charge on any atom is 0.407 e. The van der Waals surface area contributed by atoms with E-state index < -0.39 is 113 Å². The Balaban J connectivity index is 2.28. The maximum absolute atomic E-state index is 14.6. The Morgan fingerprint density at radius 3 is 1.59 bits per heavy atom. The largest absolute Gasteiger partial charge is 0.444 e. The van der Waals surface area contributed by atoms with E-state index in [2.05, 4.69) is 37.2 Å². The Kier molecular flexibility index (Phi) is 24.3. The third kappa shape index (κ3) is 21.5. The molecule has 2 rings (SSSR count). The monoisotopic (exact) mass is 986 g/mol. The minimum atomic E-state index is -1.16. The fourth-order valence-electron chi connectivity index (χ4n) is 7.68. The fourth-order valence-corrected chi connectivity index (χ4v) is 7.68. The summed E-state index contributed by atoms with van der Waals surface area (Å²) in [6.45, 7) is 22.8. The van der Waals surface area contributed by atoms with Crippen molar-refractivity contribution in [2.75, 3.05) is 19.6 Å². The SMILES string of the molecule is CC(=O)[C@@H](NC(=O)[C@@H](CCCNC(=O)OC(C)(C)C)NC(=O)[C@H](NC(=O)[C@@H]1CCCN1C(=O)[C@@H](Cc1ccccc1)NC(=O)[C@@H](NC(=O)[C@H](N)CCCNC(=O)OC(C)(C)C)C(C)C)C(C)C)C(C)C. The van der Waals surface area contributed by atoms with Gasteiger partial charge in [0, 0.05) is 26.1 Å². The zero-order valence-electron chi connectivity index (χ0n) is 43.7. The second kappa shape index (κ2) is 28.2. The van der Waals surface area contributed by atoms with Gasteiger partial charge in [0.15, 0.2) is 5.78 Å². The molecule has 7 atom stereocenters. The first-order chi connectivity index (χ1) is 32.5. The predicted octanol–water partition coefficient (Wildman–Crippen LogP) is 3.14. The van der Waals surface area contributed by atoms with Gasteiger partial charge in [-0.1, -0.05) is 71.9 Å². The number of benzene rings is 1. The lowest BCUT2D eigenvalue weighted by Gasteiger charge is -2.32. The van der Waals surface area contributed by atoms with E-state index in [0.717, 1.165) is 5.56 Å². The molecule has 20 heteroatoms. The van der Waals surface area contributed by atoms with Gasteiger partial charge in [-0.15, -0.1) is 0 Å². The van der Waals surface area contributed by atoms with Gasteiger partial charge < -0.3 is 57.3 Å². The number of likely N-dealkylation sites (tertiary alicyclic amines) is 1. The number of Topliss-reactive ketones (excluding diaryl/α,β-unsaturated/α-hetero) is 1. The lowest BCUT2D eigenvalue weighted by Crippen LogP contribution is -2.61. The molecule has 0 bridgehead atoms. The summed E-state index contributed by atoms with van der Waals surface area (Å²) in [7, 11) is 0. The molecule has 1 fully saturated rings. The van der Waals surface area contributed by atoms with Crippen molar-refractivity contribution >= 4 is 53.4 Å². The first-order valence-corrected chi connectivity index (χ1v) is 24.6. The van der Waals surface area contributed by atoms with Gasteiger partial charge in [0.1, 0.15) is 41.4 Å². The number of ether oxygens (including phenoxy) is 2. The molecular formula is C50H83N9O11. The molecule has 0 unspecified atom stereocenters. The highest BCUT2D eigenvalue weighted by molar-refractivity contribution is 5.97. The Morgan fingerprint density at radius 1 is 0.629 bits per heavy atom. The number of carbonyl (C=O) groups excluding carboxylic acids is 9. The van der Waals surface area contributed by atoms with E-state index in [4.69, 9.17) is 15.2 Å². The molecule has 20 nitrogen and oxygen atoms in total. The minimum absolute atomic E-state index is 0.0637. The Morgan fingerprint density at radius 2 is 1.10 bits per heavy atom. The van der Waals surface area contributed by atoms with Crippen molar-refractivity contribution in [3.8, 4) is 0 Å². The number of rotatable bonds is 25. The van der Waals surface area contributed by atoms with Gasteiger partial charge in [0.2, 0.25) is 35.4 Å². The summed E-state index contributed by atoms with van der Waals surface area (Å²) >= 11 is 0. The molecule has 394 valence electrons. The van der Waals surface area contributed by atoms with Gasteiger partial charge in [0.05, 0.1) is 12.1 Å². The summed E-state index contributed by atoms with van der Waals surface area (Å²) in [5.41, 5.74) is 5.54. The van der Waals surface area contributed by atoms with Crippen LogP contribution in [0.25, 0.3) is 0 Å². The lowest BCUT2D eigenvalue weighted by atomic mass is 9.99. The van der Waals surface area contributed by atoms with E-state index in [9.17, 15) is 43.2 Å². The Hall–Kier alpha value is -5.79. The second-order valence-electron chi connectivity index (χ2n) is 21.1. The van der Waals surface area contributed by atoms with Gasteiger partial charge >= 0.3 is 12.2 Å². The van der Waals surface area contributed by atoms with E-state index in [1.165, 1.54) is 11.8 Å². The topological polar surface area (TPSA) is 286 Å². The number of nitrogens with two attached hydrogens (primary N) is 1. The molecule has 0 aliphatic carbocycles. The van der Waals surface area contributed by atoms with Crippen LogP contribution in [-0.4, -0.2) is 131 Å². The van der Waals surface area contributed by atoms with Crippen LogP contribution in [0.3, 0.4) is 0 Å². The first kappa shape index (κ1) is 60.3. The fraction of sp³-hybridized carbons (Fsp3) is 0.700. The molecular weight excluding hydrogens is 903 g/mol. The van der Waals surface area contributed by atoms with Crippen LogP contribution in [0.5, 0.6) is 0 Å². The van der Waals surface area contributed by atoms with Crippen molar-refractivity contribution < 1.29 is 52.6 Å². The highest BCUT2D eigenvalue weighted by atomic mass is 16.6. The predicted molar refractivity (Wildman–Crippen MR) is 265 cm³/mol. The molecule has 70 heavy (non-hydrogen) atoms. The number of hydrogen-bond acceptors (Lipinski definition) is 12. The van der Waals surface area contributed by atoms with Gasteiger partial charge in [0.25, 0.3) is 0 Å². The van der Waals surface area contributed by atoms with Crippen molar-refractivity contribution in [1.29, 1.82) is 0 Å². The van der Waals surface area contributed by atoms with Crippen LogP contribution in [0, 0.1) is 17.8 Å². The third-order valence-electron chi connectivity index (χ3n) is 11.3. The van der Waals surface area contributed by atoms with E-state index in [-0.39, 0.29) is 63.4 Å². The van der Waals surface area contributed by atoms with Crippen LogP contribution in [0.2, 0.25) is 0 Å². The number of carbonyl (C=O) groups is 9. The van der Waals surface area contributed by atoms with Crippen molar-refractivity contribution in [3.05, 3.63) is 35.9 Å². The molecule has 1 aliphatic rings. The summed E-state index contributed by atoms with van der Waals surface area (Å²) in [4.78, 5) is 122. The molecule has 0 spiro atoms. The van der Waals surface area contributed by atoms with E-state index in [1.807, 2.05) is 6.07 Å². The summed E-state index contributed by atoms with van der Waals surface area (Å²) in [5, 5.41) is 19.2. The molecule has 8 amide bonds. The lowest BCUT2D eigenvalue weighted by molar-refractivity contribution is -0.143. The summed E-state index contributed by atoms with van der Waals surface area (Å²) in [6.07, 6.45) is 0.427. The van der Waals surface area contributed by atoms with Crippen LogP contribution in [0.1, 0.15) is 134 Å². The quantitative estimate of drug-likeness (QED) is 0.0657.